The quantitative estimate of drug-likeness (QED) is 0.558. The van der Waals surface area contributed by atoms with Gasteiger partial charge in [-0.2, -0.15) is 16.4 Å². The molecular formula is C18H16N4S. The molecule has 4 nitrogen and oxygen atoms in total. The SMILES string of the molecule is C[C@@H](c1cnn(-c2ccccc2)c1)n1ccnc1-c1ccsc1. The molecule has 4 rings (SSSR count). The molecule has 0 saturated heterocycles. The molecule has 1 aromatic carbocycles. The Hall–Kier alpha value is -2.66. The molecule has 0 fully saturated rings. The van der Waals surface area contributed by atoms with Crippen LogP contribution < -0.4 is 0 Å². The van der Waals surface area contributed by atoms with Crippen molar-refractivity contribution >= 4 is 11.3 Å². The summed E-state index contributed by atoms with van der Waals surface area (Å²) in [5.41, 5.74) is 3.38. The zero-order chi connectivity index (χ0) is 15.6. The predicted octanol–water partition coefficient (Wildman–Crippen LogP) is 4.41. The number of rotatable bonds is 4. The maximum absolute atomic E-state index is 4.51. The third-order valence-electron chi connectivity index (χ3n) is 3.97. The Morgan fingerprint density at radius 2 is 2.00 bits per heavy atom. The van der Waals surface area contributed by atoms with Gasteiger partial charge < -0.3 is 4.57 Å². The van der Waals surface area contributed by atoms with Crippen molar-refractivity contribution in [2.45, 2.75) is 13.0 Å². The van der Waals surface area contributed by atoms with Crippen LogP contribution in [-0.2, 0) is 0 Å². The van der Waals surface area contributed by atoms with Crippen LogP contribution in [0.2, 0.25) is 0 Å². The zero-order valence-corrected chi connectivity index (χ0v) is 13.5. The number of thiophene rings is 1. The monoisotopic (exact) mass is 320 g/mol. The second-order valence-corrected chi connectivity index (χ2v) is 6.18. The molecule has 114 valence electrons. The molecular weight excluding hydrogens is 304 g/mol. The first-order chi connectivity index (χ1) is 11.3. The standard InChI is InChI=1S/C18H16N4S/c1-14(21-9-8-19-18(21)15-7-10-23-13-15)16-11-20-22(12-16)17-5-3-2-4-6-17/h2-14H,1H3/t14-/m0/s1. The van der Waals surface area contributed by atoms with Gasteiger partial charge in [-0.15, -0.1) is 0 Å². The summed E-state index contributed by atoms with van der Waals surface area (Å²) in [6.45, 7) is 2.17. The highest BCUT2D eigenvalue weighted by Crippen LogP contribution is 2.27. The third kappa shape index (κ3) is 2.59. The Morgan fingerprint density at radius 3 is 2.78 bits per heavy atom. The van der Waals surface area contributed by atoms with Crippen LogP contribution in [0.1, 0.15) is 18.5 Å². The number of para-hydroxylation sites is 1. The minimum atomic E-state index is 0.171. The smallest absolute Gasteiger partial charge is 0.141 e. The molecule has 4 aromatic rings. The lowest BCUT2D eigenvalue weighted by Gasteiger charge is -2.14. The van der Waals surface area contributed by atoms with Gasteiger partial charge in [0.1, 0.15) is 5.82 Å². The van der Waals surface area contributed by atoms with E-state index in [4.69, 9.17) is 0 Å². The van der Waals surface area contributed by atoms with Crippen LogP contribution in [0.4, 0.5) is 0 Å². The van der Waals surface area contributed by atoms with Crippen molar-refractivity contribution in [1.82, 2.24) is 19.3 Å². The largest absolute Gasteiger partial charge is 0.324 e. The molecule has 0 spiro atoms. The highest BCUT2D eigenvalue weighted by molar-refractivity contribution is 7.08. The van der Waals surface area contributed by atoms with E-state index < -0.39 is 0 Å². The summed E-state index contributed by atoms with van der Waals surface area (Å²) in [7, 11) is 0. The molecule has 0 amide bonds. The lowest BCUT2D eigenvalue weighted by atomic mass is 10.2. The van der Waals surface area contributed by atoms with Gasteiger partial charge in [-0.25, -0.2) is 9.67 Å². The van der Waals surface area contributed by atoms with Crippen molar-refractivity contribution in [2.24, 2.45) is 0 Å². The van der Waals surface area contributed by atoms with Gasteiger partial charge in [0.15, 0.2) is 0 Å². The van der Waals surface area contributed by atoms with Crippen LogP contribution >= 0.6 is 11.3 Å². The molecule has 0 unspecified atom stereocenters. The number of benzene rings is 1. The highest BCUT2D eigenvalue weighted by atomic mass is 32.1. The minimum Gasteiger partial charge on any atom is -0.324 e. The first-order valence-electron chi connectivity index (χ1n) is 7.48. The van der Waals surface area contributed by atoms with E-state index in [1.54, 1.807) is 11.3 Å². The summed E-state index contributed by atoms with van der Waals surface area (Å²) < 4.78 is 4.10. The number of imidazole rings is 1. The van der Waals surface area contributed by atoms with Crippen molar-refractivity contribution in [1.29, 1.82) is 0 Å². The number of hydrogen-bond donors (Lipinski definition) is 0. The van der Waals surface area contributed by atoms with Gasteiger partial charge in [0.2, 0.25) is 0 Å². The number of nitrogens with zero attached hydrogens (tertiary/aromatic N) is 4. The summed E-state index contributed by atoms with van der Waals surface area (Å²) in [6.07, 6.45) is 7.88. The Morgan fingerprint density at radius 1 is 1.13 bits per heavy atom. The molecule has 0 aliphatic rings. The van der Waals surface area contributed by atoms with E-state index in [9.17, 15) is 0 Å². The average Bonchev–Trinajstić information content (AvgIpc) is 3.34. The van der Waals surface area contributed by atoms with Crippen molar-refractivity contribution in [3.05, 3.63) is 77.5 Å². The maximum atomic E-state index is 4.51. The van der Waals surface area contributed by atoms with Crippen LogP contribution in [0.5, 0.6) is 0 Å². The molecule has 5 heteroatoms. The highest BCUT2D eigenvalue weighted by Gasteiger charge is 2.15. The van der Waals surface area contributed by atoms with E-state index in [1.807, 2.05) is 41.5 Å². The van der Waals surface area contributed by atoms with E-state index >= 15 is 0 Å². The van der Waals surface area contributed by atoms with Gasteiger partial charge in [0.25, 0.3) is 0 Å². The fraction of sp³-hybridized carbons (Fsp3) is 0.111. The summed E-state index contributed by atoms with van der Waals surface area (Å²) in [4.78, 5) is 4.51. The van der Waals surface area contributed by atoms with Crippen molar-refractivity contribution in [3.63, 3.8) is 0 Å². The van der Waals surface area contributed by atoms with Crippen LogP contribution in [0.15, 0.2) is 71.9 Å². The lowest BCUT2D eigenvalue weighted by molar-refractivity contribution is 0.645. The summed E-state index contributed by atoms with van der Waals surface area (Å²) >= 11 is 1.69. The topological polar surface area (TPSA) is 35.6 Å². The van der Waals surface area contributed by atoms with Crippen molar-refractivity contribution < 1.29 is 0 Å². The first kappa shape index (κ1) is 14.0. The molecule has 0 aliphatic carbocycles. The molecule has 0 radical (unpaired) electrons. The van der Waals surface area contributed by atoms with E-state index in [2.05, 4.69) is 56.7 Å². The number of aromatic nitrogens is 4. The second kappa shape index (κ2) is 5.85. The van der Waals surface area contributed by atoms with Gasteiger partial charge in [-0.05, 0) is 30.5 Å². The van der Waals surface area contributed by atoms with Gasteiger partial charge in [0.05, 0.1) is 17.9 Å². The van der Waals surface area contributed by atoms with Crippen molar-refractivity contribution in [3.8, 4) is 17.1 Å². The second-order valence-electron chi connectivity index (χ2n) is 5.40. The average molecular weight is 320 g/mol. The molecule has 3 aromatic heterocycles. The van der Waals surface area contributed by atoms with E-state index in [0.29, 0.717) is 0 Å². The van der Waals surface area contributed by atoms with Crippen LogP contribution in [0.25, 0.3) is 17.1 Å². The van der Waals surface area contributed by atoms with Gasteiger partial charge in [-0.1, -0.05) is 18.2 Å². The molecule has 0 bridgehead atoms. The van der Waals surface area contributed by atoms with E-state index in [-0.39, 0.29) is 6.04 Å². The molecule has 0 aliphatic heterocycles. The fourth-order valence-electron chi connectivity index (χ4n) is 2.68. The Balaban J connectivity index is 1.67. The van der Waals surface area contributed by atoms with Gasteiger partial charge in [-0.3, -0.25) is 0 Å². The fourth-order valence-corrected chi connectivity index (χ4v) is 3.31. The van der Waals surface area contributed by atoms with Crippen molar-refractivity contribution in [2.75, 3.05) is 0 Å². The number of hydrogen-bond acceptors (Lipinski definition) is 3. The van der Waals surface area contributed by atoms with Crippen LogP contribution in [0, 0.1) is 0 Å². The third-order valence-corrected chi connectivity index (χ3v) is 4.65. The molecule has 0 saturated carbocycles. The Kier molecular flexibility index (Phi) is 3.55. The summed E-state index contributed by atoms with van der Waals surface area (Å²) in [5, 5.41) is 8.69. The predicted molar refractivity (Wildman–Crippen MR) is 92.9 cm³/mol. The minimum absolute atomic E-state index is 0.171. The van der Waals surface area contributed by atoms with Gasteiger partial charge >= 0.3 is 0 Å². The normalized spacial score (nSPS) is 12.4. The maximum Gasteiger partial charge on any atom is 0.141 e. The molecule has 0 N–H and O–H groups in total. The van der Waals surface area contributed by atoms with Crippen LogP contribution in [0.3, 0.4) is 0 Å². The molecule has 3 heterocycles. The molecule has 1 atom stereocenters. The van der Waals surface area contributed by atoms with Gasteiger partial charge in [0, 0.05) is 35.1 Å². The van der Waals surface area contributed by atoms with Crippen LogP contribution in [-0.4, -0.2) is 19.3 Å². The Bertz CT molecular complexity index is 890. The first-order valence-corrected chi connectivity index (χ1v) is 8.42. The lowest BCUT2D eigenvalue weighted by Crippen LogP contribution is -2.06. The zero-order valence-electron chi connectivity index (χ0n) is 12.7. The molecule has 23 heavy (non-hydrogen) atoms. The van der Waals surface area contributed by atoms with E-state index in [0.717, 1.165) is 22.6 Å². The summed E-state index contributed by atoms with van der Waals surface area (Å²) in [5.74, 6) is 0.992. The Labute approximate surface area is 138 Å². The summed E-state index contributed by atoms with van der Waals surface area (Å²) in [6, 6.07) is 12.4. The van der Waals surface area contributed by atoms with E-state index in [1.165, 1.54) is 0 Å².